The second-order valence-corrected chi connectivity index (χ2v) is 8.11. The van der Waals surface area contributed by atoms with E-state index in [9.17, 15) is 0 Å². The molecule has 1 atom stereocenters. The Labute approximate surface area is 120 Å². The molecule has 0 aromatic rings. The van der Waals surface area contributed by atoms with Gasteiger partial charge in [0.1, 0.15) is 0 Å². The fourth-order valence-corrected chi connectivity index (χ4v) is 3.62. The van der Waals surface area contributed by atoms with Gasteiger partial charge in [0.2, 0.25) is 0 Å². The van der Waals surface area contributed by atoms with Crippen LogP contribution in [0.5, 0.6) is 0 Å². The molecule has 1 aliphatic heterocycles. The smallest absolute Gasteiger partial charge is 0.0243 e. The Hall–Kier alpha value is -0.0800. The van der Waals surface area contributed by atoms with E-state index in [1.165, 1.54) is 58.3 Å². The van der Waals surface area contributed by atoms with Gasteiger partial charge >= 0.3 is 0 Å². The molecule has 2 aliphatic rings. The van der Waals surface area contributed by atoms with Crippen molar-refractivity contribution in [3.05, 3.63) is 0 Å². The number of nitrogens with one attached hydrogen (secondary N) is 1. The quantitative estimate of drug-likeness (QED) is 0.822. The van der Waals surface area contributed by atoms with Gasteiger partial charge < -0.3 is 10.2 Å². The van der Waals surface area contributed by atoms with Crippen LogP contribution in [0.1, 0.15) is 59.8 Å². The third kappa shape index (κ3) is 4.75. The summed E-state index contributed by atoms with van der Waals surface area (Å²) in [5, 5.41) is 3.75. The molecule has 1 N–H and O–H groups in total. The highest BCUT2D eigenvalue weighted by molar-refractivity contribution is 4.86. The van der Waals surface area contributed by atoms with Crippen molar-refractivity contribution in [2.45, 2.75) is 65.8 Å². The minimum absolute atomic E-state index is 0.379. The maximum Gasteiger partial charge on any atom is 0.0243 e. The van der Waals surface area contributed by atoms with Crippen LogP contribution in [0.3, 0.4) is 0 Å². The van der Waals surface area contributed by atoms with Crippen molar-refractivity contribution in [1.82, 2.24) is 10.2 Å². The molecular weight excluding hydrogens is 232 g/mol. The van der Waals surface area contributed by atoms with Crippen molar-refractivity contribution >= 4 is 0 Å². The molecule has 112 valence electrons. The number of hydrogen-bond acceptors (Lipinski definition) is 2. The summed E-state index contributed by atoms with van der Waals surface area (Å²) < 4.78 is 0. The summed E-state index contributed by atoms with van der Waals surface area (Å²) in [6.45, 7) is 14.6. The first-order valence-electron chi connectivity index (χ1n) is 8.41. The fourth-order valence-electron chi connectivity index (χ4n) is 3.62. The lowest BCUT2D eigenvalue weighted by Gasteiger charge is -2.36. The van der Waals surface area contributed by atoms with Gasteiger partial charge in [-0.1, -0.05) is 40.5 Å². The predicted octanol–water partition coefficient (Wildman–Crippen LogP) is 3.52. The van der Waals surface area contributed by atoms with E-state index in [1.54, 1.807) is 0 Å². The van der Waals surface area contributed by atoms with Gasteiger partial charge in [0.25, 0.3) is 0 Å². The van der Waals surface area contributed by atoms with Gasteiger partial charge in [-0.05, 0) is 49.6 Å². The maximum atomic E-state index is 3.75. The standard InChI is InChI=1S/C17H34N2/c1-14-6-8-15(9-7-14)12-19-11-5-10-18-16(13-19)17(2,3)4/h14-16,18H,5-13H2,1-4H3. The molecule has 1 saturated heterocycles. The first kappa shape index (κ1) is 15.3. The second-order valence-electron chi connectivity index (χ2n) is 8.11. The minimum Gasteiger partial charge on any atom is -0.312 e. The van der Waals surface area contributed by atoms with Crippen molar-refractivity contribution < 1.29 is 0 Å². The highest BCUT2D eigenvalue weighted by atomic mass is 15.2. The molecule has 2 fully saturated rings. The van der Waals surface area contributed by atoms with Crippen LogP contribution in [0.15, 0.2) is 0 Å². The summed E-state index contributed by atoms with van der Waals surface area (Å²) in [5.41, 5.74) is 0.379. The van der Waals surface area contributed by atoms with E-state index in [1.807, 2.05) is 0 Å². The van der Waals surface area contributed by atoms with E-state index in [-0.39, 0.29) is 0 Å². The zero-order chi connectivity index (χ0) is 13.9. The third-order valence-electron chi connectivity index (χ3n) is 5.18. The van der Waals surface area contributed by atoms with Crippen molar-refractivity contribution in [2.24, 2.45) is 17.3 Å². The maximum absolute atomic E-state index is 3.75. The Morgan fingerprint density at radius 3 is 2.42 bits per heavy atom. The average Bonchev–Trinajstić information content (AvgIpc) is 2.57. The summed E-state index contributed by atoms with van der Waals surface area (Å²) in [6.07, 6.45) is 7.16. The Balaban J connectivity index is 1.85. The van der Waals surface area contributed by atoms with E-state index in [0.717, 1.165) is 11.8 Å². The van der Waals surface area contributed by atoms with Gasteiger partial charge in [-0.3, -0.25) is 0 Å². The van der Waals surface area contributed by atoms with Gasteiger partial charge in [-0.2, -0.15) is 0 Å². The monoisotopic (exact) mass is 266 g/mol. The topological polar surface area (TPSA) is 15.3 Å². The summed E-state index contributed by atoms with van der Waals surface area (Å²) in [7, 11) is 0. The summed E-state index contributed by atoms with van der Waals surface area (Å²) >= 11 is 0. The van der Waals surface area contributed by atoms with Crippen LogP contribution in [-0.2, 0) is 0 Å². The molecule has 0 aromatic carbocycles. The van der Waals surface area contributed by atoms with Crippen LogP contribution in [0.25, 0.3) is 0 Å². The van der Waals surface area contributed by atoms with Crippen LogP contribution in [0, 0.1) is 17.3 Å². The first-order valence-corrected chi connectivity index (χ1v) is 8.41. The molecule has 0 bridgehead atoms. The number of nitrogens with zero attached hydrogens (tertiary/aromatic N) is 1. The minimum atomic E-state index is 0.379. The molecule has 1 saturated carbocycles. The highest BCUT2D eigenvalue weighted by Gasteiger charge is 2.29. The van der Waals surface area contributed by atoms with E-state index in [4.69, 9.17) is 0 Å². The van der Waals surface area contributed by atoms with Crippen LogP contribution >= 0.6 is 0 Å². The van der Waals surface area contributed by atoms with Gasteiger partial charge in [0.15, 0.2) is 0 Å². The summed E-state index contributed by atoms with van der Waals surface area (Å²) in [6, 6.07) is 0.650. The molecule has 1 aliphatic carbocycles. The predicted molar refractivity (Wildman–Crippen MR) is 83.4 cm³/mol. The van der Waals surface area contributed by atoms with E-state index in [0.29, 0.717) is 11.5 Å². The SMILES string of the molecule is CC1CCC(CN2CCCNC(C(C)(C)C)C2)CC1. The Kier molecular flexibility index (Phi) is 5.30. The second kappa shape index (κ2) is 6.58. The number of hydrogen-bond donors (Lipinski definition) is 1. The molecule has 2 heteroatoms. The van der Waals surface area contributed by atoms with Gasteiger partial charge in [-0.15, -0.1) is 0 Å². The molecule has 2 nitrogen and oxygen atoms in total. The molecule has 19 heavy (non-hydrogen) atoms. The zero-order valence-electron chi connectivity index (χ0n) is 13.5. The molecule has 0 amide bonds. The van der Waals surface area contributed by atoms with Gasteiger partial charge in [0, 0.05) is 19.1 Å². The molecule has 0 aromatic heterocycles. The molecule has 1 heterocycles. The van der Waals surface area contributed by atoms with Crippen LogP contribution in [0.4, 0.5) is 0 Å². The fraction of sp³-hybridized carbons (Fsp3) is 1.00. The van der Waals surface area contributed by atoms with Gasteiger partial charge in [-0.25, -0.2) is 0 Å². The van der Waals surface area contributed by atoms with E-state index < -0.39 is 0 Å². The normalized spacial score (nSPS) is 35.1. The number of rotatable bonds is 2. The lowest BCUT2D eigenvalue weighted by Crippen LogP contribution is -2.47. The van der Waals surface area contributed by atoms with E-state index >= 15 is 0 Å². The molecular formula is C17H34N2. The average molecular weight is 266 g/mol. The molecule has 2 rings (SSSR count). The lowest BCUT2D eigenvalue weighted by atomic mass is 9.82. The van der Waals surface area contributed by atoms with Crippen LogP contribution < -0.4 is 5.32 Å². The highest BCUT2D eigenvalue weighted by Crippen LogP contribution is 2.29. The Bertz CT molecular complexity index is 261. The molecule has 0 spiro atoms. The largest absolute Gasteiger partial charge is 0.312 e. The Morgan fingerprint density at radius 2 is 1.79 bits per heavy atom. The van der Waals surface area contributed by atoms with Gasteiger partial charge in [0.05, 0.1) is 0 Å². The molecule has 1 unspecified atom stereocenters. The van der Waals surface area contributed by atoms with Crippen molar-refractivity contribution in [1.29, 1.82) is 0 Å². The third-order valence-corrected chi connectivity index (χ3v) is 5.18. The first-order chi connectivity index (χ1) is 8.95. The van der Waals surface area contributed by atoms with E-state index in [2.05, 4.69) is 37.9 Å². The molecule has 0 radical (unpaired) electrons. The lowest BCUT2D eigenvalue weighted by molar-refractivity contribution is 0.155. The van der Waals surface area contributed by atoms with Crippen molar-refractivity contribution in [3.8, 4) is 0 Å². The van der Waals surface area contributed by atoms with Crippen molar-refractivity contribution in [2.75, 3.05) is 26.2 Å². The summed E-state index contributed by atoms with van der Waals surface area (Å²) in [4.78, 5) is 2.75. The zero-order valence-corrected chi connectivity index (χ0v) is 13.5. The summed E-state index contributed by atoms with van der Waals surface area (Å²) in [5.74, 6) is 1.94. The van der Waals surface area contributed by atoms with Crippen molar-refractivity contribution in [3.63, 3.8) is 0 Å². The van der Waals surface area contributed by atoms with Crippen LogP contribution in [-0.4, -0.2) is 37.1 Å². The van der Waals surface area contributed by atoms with Crippen LogP contribution in [0.2, 0.25) is 0 Å². The Morgan fingerprint density at radius 1 is 1.11 bits per heavy atom.